The first-order chi connectivity index (χ1) is 13.2. The van der Waals surface area contributed by atoms with Gasteiger partial charge in [0.1, 0.15) is 18.0 Å². The van der Waals surface area contributed by atoms with Crippen LogP contribution in [0.15, 0.2) is 6.33 Å². The molecule has 1 amide bonds. The van der Waals surface area contributed by atoms with Crippen LogP contribution < -0.4 is 15.5 Å². The molecule has 1 aromatic heterocycles. The summed E-state index contributed by atoms with van der Waals surface area (Å²) in [6.07, 6.45) is 11.1. The fraction of sp³-hybridized carbons (Fsp3) is 0.750. The molecule has 3 heterocycles. The smallest absolute Gasteiger partial charge is 0.242 e. The molecule has 27 heavy (non-hydrogen) atoms. The quantitative estimate of drug-likeness (QED) is 0.847. The molecule has 7 heteroatoms. The number of nitrogens with zero attached hydrogens (tertiary/aromatic N) is 4. The van der Waals surface area contributed by atoms with Gasteiger partial charge >= 0.3 is 0 Å². The number of rotatable bonds is 3. The van der Waals surface area contributed by atoms with Gasteiger partial charge in [0.25, 0.3) is 0 Å². The number of nitrogens with one attached hydrogen (secondary N) is 2. The van der Waals surface area contributed by atoms with E-state index in [1.54, 1.807) is 6.33 Å². The van der Waals surface area contributed by atoms with Gasteiger partial charge in [-0.25, -0.2) is 9.97 Å². The van der Waals surface area contributed by atoms with Crippen molar-refractivity contribution in [1.82, 2.24) is 20.2 Å². The first kappa shape index (κ1) is 18.5. The van der Waals surface area contributed by atoms with E-state index in [-0.39, 0.29) is 5.91 Å². The molecule has 0 radical (unpaired) electrons. The minimum Gasteiger partial charge on any atom is -0.367 e. The van der Waals surface area contributed by atoms with E-state index in [1.807, 2.05) is 11.9 Å². The fourth-order valence-electron chi connectivity index (χ4n) is 4.71. The van der Waals surface area contributed by atoms with Crippen LogP contribution in [0.2, 0.25) is 0 Å². The maximum atomic E-state index is 13.0. The van der Waals surface area contributed by atoms with Crippen molar-refractivity contribution >= 4 is 17.5 Å². The third-order valence-corrected chi connectivity index (χ3v) is 6.24. The summed E-state index contributed by atoms with van der Waals surface area (Å²) in [7, 11) is 1.96. The molecule has 1 unspecified atom stereocenters. The lowest BCUT2D eigenvalue weighted by Crippen LogP contribution is -2.43. The molecule has 148 valence electrons. The van der Waals surface area contributed by atoms with E-state index in [9.17, 15) is 4.79 Å². The zero-order chi connectivity index (χ0) is 18.6. The molecule has 3 aliphatic rings. The number of carbonyl (C=O) groups excluding carboxylic acids is 1. The standard InChI is InChI=1S/C20H32N6O/c1-25-13-18(27)26(16-8-5-10-21-11-9-16)12-17-19(22-14-23-20(17)25)24-15-6-3-2-4-7-15/h14-16,21H,2-13H2,1H3,(H,22,23,24). The molecule has 1 aromatic rings. The van der Waals surface area contributed by atoms with Gasteiger partial charge < -0.3 is 20.4 Å². The Labute approximate surface area is 161 Å². The maximum Gasteiger partial charge on any atom is 0.242 e. The molecule has 0 aromatic carbocycles. The van der Waals surface area contributed by atoms with Crippen LogP contribution in [0.3, 0.4) is 0 Å². The monoisotopic (exact) mass is 372 g/mol. The van der Waals surface area contributed by atoms with Gasteiger partial charge in [-0.1, -0.05) is 19.3 Å². The first-order valence-electron chi connectivity index (χ1n) is 10.5. The van der Waals surface area contributed by atoms with Gasteiger partial charge in [-0.15, -0.1) is 0 Å². The van der Waals surface area contributed by atoms with E-state index < -0.39 is 0 Å². The molecule has 2 N–H and O–H groups in total. The second kappa shape index (κ2) is 8.42. The number of likely N-dealkylation sites (N-methyl/N-ethyl adjacent to an activating group) is 1. The molecule has 1 atom stereocenters. The normalized spacial score (nSPS) is 24.9. The van der Waals surface area contributed by atoms with Gasteiger partial charge in [-0.05, 0) is 45.2 Å². The Bertz CT molecular complexity index is 652. The lowest BCUT2D eigenvalue weighted by molar-refractivity contribution is -0.132. The summed E-state index contributed by atoms with van der Waals surface area (Å²) >= 11 is 0. The Morgan fingerprint density at radius 1 is 1.04 bits per heavy atom. The highest BCUT2D eigenvalue weighted by Gasteiger charge is 2.32. The summed E-state index contributed by atoms with van der Waals surface area (Å²) in [5.74, 6) is 2.02. The molecular formula is C20H32N6O. The number of amides is 1. The highest BCUT2D eigenvalue weighted by atomic mass is 16.2. The molecule has 1 saturated heterocycles. The topological polar surface area (TPSA) is 73.4 Å². The molecule has 2 fully saturated rings. The predicted molar refractivity (Wildman–Crippen MR) is 107 cm³/mol. The van der Waals surface area contributed by atoms with Crippen molar-refractivity contribution in [2.75, 3.05) is 36.9 Å². The summed E-state index contributed by atoms with van der Waals surface area (Å²) in [6, 6.07) is 0.784. The van der Waals surface area contributed by atoms with Crippen LogP contribution >= 0.6 is 0 Å². The zero-order valence-electron chi connectivity index (χ0n) is 16.4. The number of hydrogen-bond acceptors (Lipinski definition) is 6. The number of fused-ring (bicyclic) bond motifs is 1. The van der Waals surface area contributed by atoms with E-state index in [2.05, 4.69) is 25.5 Å². The Hall–Kier alpha value is -1.89. The zero-order valence-corrected chi connectivity index (χ0v) is 16.4. The van der Waals surface area contributed by atoms with E-state index in [0.717, 1.165) is 49.6 Å². The molecule has 0 spiro atoms. The summed E-state index contributed by atoms with van der Waals surface area (Å²) in [5.41, 5.74) is 1.08. The van der Waals surface area contributed by atoms with Crippen LogP contribution in [0.5, 0.6) is 0 Å². The highest BCUT2D eigenvalue weighted by molar-refractivity contribution is 5.84. The van der Waals surface area contributed by atoms with Gasteiger partial charge in [0.2, 0.25) is 5.91 Å². The SMILES string of the molecule is CN1CC(=O)N(C2CCCNCC2)Cc2c(NC3CCCCC3)ncnc21. The molecule has 1 saturated carbocycles. The number of aromatic nitrogens is 2. The van der Waals surface area contributed by atoms with Gasteiger partial charge in [0, 0.05) is 19.1 Å². The van der Waals surface area contributed by atoms with Crippen molar-refractivity contribution in [1.29, 1.82) is 0 Å². The van der Waals surface area contributed by atoms with E-state index >= 15 is 0 Å². The summed E-state index contributed by atoms with van der Waals surface area (Å²) in [4.78, 5) is 26.2. The lowest BCUT2D eigenvalue weighted by Gasteiger charge is -2.31. The average molecular weight is 373 g/mol. The second-order valence-electron chi connectivity index (χ2n) is 8.22. The largest absolute Gasteiger partial charge is 0.367 e. The Balaban J connectivity index is 1.61. The predicted octanol–water partition coefficient (Wildman–Crippen LogP) is 2.14. The maximum absolute atomic E-state index is 13.0. The van der Waals surface area contributed by atoms with Crippen LogP contribution in [0.4, 0.5) is 11.6 Å². The van der Waals surface area contributed by atoms with Crippen LogP contribution in [0.25, 0.3) is 0 Å². The van der Waals surface area contributed by atoms with Gasteiger partial charge in [-0.3, -0.25) is 4.79 Å². The molecule has 7 nitrogen and oxygen atoms in total. The Morgan fingerprint density at radius 3 is 2.74 bits per heavy atom. The second-order valence-corrected chi connectivity index (χ2v) is 8.22. The minimum absolute atomic E-state index is 0.200. The van der Waals surface area contributed by atoms with Gasteiger partial charge in [0.05, 0.1) is 18.7 Å². The molecule has 4 rings (SSSR count). The van der Waals surface area contributed by atoms with Crippen molar-refractivity contribution in [3.8, 4) is 0 Å². The Kier molecular flexibility index (Phi) is 5.76. The van der Waals surface area contributed by atoms with Crippen LogP contribution in [0, 0.1) is 0 Å². The number of anilines is 2. The van der Waals surface area contributed by atoms with Crippen molar-refractivity contribution in [3.05, 3.63) is 11.9 Å². The van der Waals surface area contributed by atoms with Crippen LogP contribution in [-0.4, -0.2) is 59.5 Å². The van der Waals surface area contributed by atoms with E-state index in [0.29, 0.717) is 25.2 Å². The third-order valence-electron chi connectivity index (χ3n) is 6.24. The lowest BCUT2D eigenvalue weighted by atomic mass is 9.95. The summed E-state index contributed by atoms with van der Waals surface area (Å²) in [6.45, 7) is 3.03. The first-order valence-corrected chi connectivity index (χ1v) is 10.5. The van der Waals surface area contributed by atoms with Crippen molar-refractivity contribution in [3.63, 3.8) is 0 Å². The van der Waals surface area contributed by atoms with Gasteiger partial charge in [-0.2, -0.15) is 0 Å². The van der Waals surface area contributed by atoms with Crippen molar-refractivity contribution < 1.29 is 4.79 Å². The fourth-order valence-corrected chi connectivity index (χ4v) is 4.71. The average Bonchev–Trinajstić information content (AvgIpc) is 3.02. The number of hydrogen-bond donors (Lipinski definition) is 2. The third kappa shape index (κ3) is 4.18. The Morgan fingerprint density at radius 2 is 1.89 bits per heavy atom. The van der Waals surface area contributed by atoms with Crippen LogP contribution in [0.1, 0.15) is 56.9 Å². The van der Waals surface area contributed by atoms with Crippen LogP contribution in [-0.2, 0) is 11.3 Å². The molecule has 0 bridgehead atoms. The molecule has 2 aliphatic heterocycles. The summed E-state index contributed by atoms with van der Waals surface area (Å²) in [5, 5.41) is 7.13. The van der Waals surface area contributed by atoms with E-state index in [1.165, 1.54) is 32.1 Å². The highest BCUT2D eigenvalue weighted by Crippen LogP contribution is 2.31. The minimum atomic E-state index is 0.200. The van der Waals surface area contributed by atoms with E-state index in [4.69, 9.17) is 0 Å². The number of carbonyl (C=O) groups is 1. The van der Waals surface area contributed by atoms with Crippen molar-refractivity contribution in [2.24, 2.45) is 0 Å². The molecule has 1 aliphatic carbocycles. The molecular weight excluding hydrogens is 340 g/mol. The summed E-state index contributed by atoms with van der Waals surface area (Å²) < 4.78 is 0. The van der Waals surface area contributed by atoms with Gasteiger partial charge in [0.15, 0.2) is 0 Å². The van der Waals surface area contributed by atoms with Crippen molar-refractivity contribution in [2.45, 2.75) is 70.0 Å².